The van der Waals surface area contributed by atoms with Crippen molar-refractivity contribution in [1.29, 1.82) is 0 Å². The number of thioether (sulfide) groups is 1. The van der Waals surface area contributed by atoms with Crippen LogP contribution in [0.2, 0.25) is 0 Å². The monoisotopic (exact) mass is 498 g/mol. The number of halogens is 1. The Hall–Kier alpha value is -2.42. The van der Waals surface area contributed by atoms with E-state index < -0.39 is 0 Å². The van der Waals surface area contributed by atoms with Crippen molar-refractivity contribution >= 4 is 50.6 Å². The molecule has 0 fully saturated rings. The van der Waals surface area contributed by atoms with Gasteiger partial charge in [0.1, 0.15) is 5.82 Å². The summed E-state index contributed by atoms with van der Waals surface area (Å²) in [4.78, 5) is 13.6. The minimum absolute atomic E-state index is 0.0828. The van der Waals surface area contributed by atoms with Gasteiger partial charge in [0.25, 0.3) is 0 Å². The van der Waals surface area contributed by atoms with Crippen LogP contribution in [0.25, 0.3) is 5.69 Å². The van der Waals surface area contributed by atoms with Gasteiger partial charge in [-0.2, -0.15) is 0 Å². The van der Waals surface area contributed by atoms with E-state index >= 15 is 0 Å². The highest BCUT2D eigenvalue weighted by atomic mass is 79.9. The third kappa shape index (κ3) is 5.19. The van der Waals surface area contributed by atoms with Crippen LogP contribution in [-0.2, 0) is 11.2 Å². The van der Waals surface area contributed by atoms with E-state index in [1.165, 1.54) is 22.2 Å². The number of nitrogens with one attached hydrogen (secondary N) is 1. The predicted molar refractivity (Wildman–Crippen MR) is 127 cm³/mol. The van der Waals surface area contributed by atoms with Crippen molar-refractivity contribution < 1.29 is 4.79 Å². The Morgan fingerprint density at radius 3 is 2.57 bits per heavy atom. The lowest BCUT2D eigenvalue weighted by Gasteiger charge is -2.10. The molecule has 2 aromatic heterocycles. The lowest BCUT2D eigenvalue weighted by molar-refractivity contribution is -0.113. The number of nitrogens with zero attached hydrogens (tertiary/aromatic N) is 3. The van der Waals surface area contributed by atoms with Crippen molar-refractivity contribution in [3.63, 3.8) is 0 Å². The summed E-state index contributed by atoms with van der Waals surface area (Å²) in [6.07, 6.45) is 0.699. The maximum absolute atomic E-state index is 12.4. The van der Waals surface area contributed by atoms with E-state index in [1.54, 1.807) is 11.3 Å². The zero-order valence-corrected chi connectivity index (χ0v) is 19.4. The molecule has 2 heterocycles. The first-order chi connectivity index (χ1) is 14.6. The number of carbonyl (C=O) groups excluding carboxylic acids is 1. The Morgan fingerprint density at radius 1 is 1.10 bits per heavy atom. The van der Waals surface area contributed by atoms with Gasteiger partial charge in [-0.1, -0.05) is 51.5 Å². The molecular formula is C22H19BrN4OS2. The number of aryl methyl sites for hydroxylation is 1. The summed E-state index contributed by atoms with van der Waals surface area (Å²) in [6.45, 7) is 2.06. The minimum Gasteiger partial charge on any atom is -0.325 e. The molecule has 0 aliphatic heterocycles. The second-order valence-corrected chi connectivity index (χ2v) is 9.56. The molecular weight excluding hydrogens is 480 g/mol. The summed E-state index contributed by atoms with van der Waals surface area (Å²) < 4.78 is 3.01. The molecule has 2 aromatic carbocycles. The molecule has 4 rings (SSSR count). The van der Waals surface area contributed by atoms with Crippen LogP contribution in [0.4, 0.5) is 5.69 Å². The van der Waals surface area contributed by atoms with Crippen LogP contribution in [0.5, 0.6) is 0 Å². The molecule has 1 amide bonds. The van der Waals surface area contributed by atoms with Crippen LogP contribution in [0.15, 0.2) is 75.7 Å². The third-order valence-electron chi connectivity index (χ3n) is 4.37. The number of carbonyl (C=O) groups is 1. The Balaban J connectivity index is 1.53. The van der Waals surface area contributed by atoms with E-state index in [4.69, 9.17) is 0 Å². The number of rotatable bonds is 7. The zero-order chi connectivity index (χ0) is 20.9. The maximum atomic E-state index is 12.4. The van der Waals surface area contributed by atoms with Crippen molar-refractivity contribution in [2.75, 3.05) is 11.1 Å². The van der Waals surface area contributed by atoms with Crippen molar-refractivity contribution in [1.82, 2.24) is 14.8 Å². The van der Waals surface area contributed by atoms with Crippen LogP contribution >= 0.6 is 39.0 Å². The highest BCUT2D eigenvalue weighted by molar-refractivity contribution is 9.10. The van der Waals surface area contributed by atoms with Gasteiger partial charge in [-0.3, -0.25) is 9.36 Å². The average molecular weight is 499 g/mol. The highest BCUT2D eigenvalue weighted by Gasteiger charge is 2.17. The van der Waals surface area contributed by atoms with Crippen molar-refractivity contribution in [3.05, 3.63) is 86.8 Å². The van der Waals surface area contributed by atoms with E-state index in [0.717, 1.165) is 21.7 Å². The van der Waals surface area contributed by atoms with Gasteiger partial charge in [-0.15, -0.1) is 21.5 Å². The Morgan fingerprint density at radius 2 is 1.87 bits per heavy atom. The molecule has 0 aliphatic rings. The summed E-state index contributed by atoms with van der Waals surface area (Å²) in [5.74, 6) is 1.02. The number of hydrogen-bond donors (Lipinski definition) is 1. The summed E-state index contributed by atoms with van der Waals surface area (Å²) in [5, 5.41) is 14.5. The van der Waals surface area contributed by atoms with Gasteiger partial charge in [-0.05, 0) is 54.8 Å². The van der Waals surface area contributed by atoms with E-state index in [2.05, 4.69) is 74.1 Å². The van der Waals surface area contributed by atoms with Crippen LogP contribution < -0.4 is 5.32 Å². The first kappa shape index (κ1) is 20.8. The fraction of sp³-hybridized carbons (Fsp3) is 0.136. The molecule has 0 aliphatic carbocycles. The lowest BCUT2D eigenvalue weighted by atomic mass is 10.2. The molecule has 1 N–H and O–H groups in total. The standard InChI is InChI=1S/C22H19BrN4OS2/c1-15-4-10-18(11-5-15)27-20(13-19-3-2-12-29-19)25-26-22(27)30-14-21(28)24-17-8-6-16(23)7-9-17/h2-12H,13-14H2,1H3,(H,24,28). The van der Waals surface area contributed by atoms with Crippen molar-refractivity contribution in [3.8, 4) is 5.69 Å². The number of hydrogen-bond acceptors (Lipinski definition) is 5. The molecule has 0 atom stereocenters. The molecule has 4 aromatic rings. The number of anilines is 1. The molecule has 5 nitrogen and oxygen atoms in total. The summed E-state index contributed by atoms with van der Waals surface area (Å²) in [6, 6.07) is 19.9. The SMILES string of the molecule is Cc1ccc(-n2c(Cc3cccs3)nnc2SCC(=O)Nc2ccc(Br)cc2)cc1. The Bertz CT molecular complexity index is 1120. The van der Waals surface area contributed by atoms with Gasteiger partial charge in [0.05, 0.1) is 5.75 Å². The Kier molecular flexibility index (Phi) is 6.66. The maximum Gasteiger partial charge on any atom is 0.234 e. The van der Waals surface area contributed by atoms with Gasteiger partial charge < -0.3 is 5.32 Å². The number of aromatic nitrogens is 3. The molecule has 0 radical (unpaired) electrons. The second kappa shape index (κ2) is 9.59. The molecule has 0 spiro atoms. The number of thiophene rings is 1. The molecule has 0 unspecified atom stereocenters. The highest BCUT2D eigenvalue weighted by Crippen LogP contribution is 2.25. The molecule has 0 saturated heterocycles. The average Bonchev–Trinajstić information content (AvgIpc) is 3.39. The molecule has 30 heavy (non-hydrogen) atoms. The van der Waals surface area contributed by atoms with Crippen LogP contribution in [0.3, 0.4) is 0 Å². The lowest BCUT2D eigenvalue weighted by Crippen LogP contribution is -2.14. The first-order valence-electron chi connectivity index (χ1n) is 9.30. The van der Waals surface area contributed by atoms with Crippen LogP contribution in [-0.4, -0.2) is 26.4 Å². The third-order valence-corrected chi connectivity index (χ3v) is 6.70. The first-order valence-corrected chi connectivity index (χ1v) is 12.0. The van der Waals surface area contributed by atoms with E-state index in [0.29, 0.717) is 11.6 Å². The van der Waals surface area contributed by atoms with E-state index in [1.807, 2.05) is 34.9 Å². The number of benzene rings is 2. The molecule has 8 heteroatoms. The van der Waals surface area contributed by atoms with Gasteiger partial charge in [0.2, 0.25) is 5.91 Å². The van der Waals surface area contributed by atoms with E-state index in [9.17, 15) is 4.79 Å². The van der Waals surface area contributed by atoms with Gasteiger partial charge in [0.15, 0.2) is 5.16 Å². The fourth-order valence-electron chi connectivity index (χ4n) is 2.89. The topological polar surface area (TPSA) is 59.8 Å². The van der Waals surface area contributed by atoms with Gasteiger partial charge in [0, 0.05) is 27.1 Å². The molecule has 152 valence electrons. The molecule has 0 saturated carbocycles. The van der Waals surface area contributed by atoms with Gasteiger partial charge >= 0.3 is 0 Å². The van der Waals surface area contributed by atoms with E-state index in [-0.39, 0.29) is 11.7 Å². The predicted octanol–water partition coefficient (Wildman–Crippen LogP) is 5.72. The fourth-order valence-corrected chi connectivity index (χ4v) is 4.63. The van der Waals surface area contributed by atoms with Crippen molar-refractivity contribution in [2.45, 2.75) is 18.5 Å². The summed E-state index contributed by atoms with van der Waals surface area (Å²) in [7, 11) is 0. The van der Waals surface area contributed by atoms with Crippen molar-refractivity contribution in [2.24, 2.45) is 0 Å². The quantitative estimate of drug-likeness (QED) is 0.331. The normalized spacial score (nSPS) is 10.9. The molecule has 0 bridgehead atoms. The second-order valence-electron chi connectivity index (χ2n) is 6.67. The Labute approximate surface area is 191 Å². The largest absolute Gasteiger partial charge is 0.325 e. The van der Waals surface area contributed by atoms with Crippen LogP contribution in [0, 0.1) is 6.92 Å². The van der Waals surface area contributed by atoms with Gasteiger partial charge in [-0.25, -0.2) is 0 Å². The minimum atomic E-state index is -0.0828. The van der Waals surface area contributed by atoms with Crippen LogP contribution in [0.1, 0.15) is 16.3 Å². The number of amides is 1. The zero-order valence-electron chi connectivity index (χ0n) is 16.2. The summed E-state index contributed by atoms with van der Waals surface area (Å²) >= 11 is 6.48. The smallest absolute Gasteiger partial charge is 0.234 e. The summed E-state index contributed by atoms with van der Waals surface area (Å²) in [5.41, 5.74) is 2.95.